The minimum absolute atomic E-state index is 0.527. The highest BCUT2D eigenvalue weighted by Gasteiger charge is 2.22. The van der Waals surface area contributed by atoms with Crippen molar-refractivity contribution in [3.05, 3.63) is 17.5 Å². The Labute approximate surface area is 95.5 Å². The average molecular weight is 226 g/mol. The largest absolute Gasteiger partial charge is 0.356 e. The van der Waals surface area contributed by atoms with Gasteiger partial charge in [0.1, 0.15) is 17.3 Å². The zero-order chi connectivity index (χ0) is 10.7. The standard InChI is InChI=1S/C11H16ClN3/c1-2-3-9-4-5-15(7-9)11-6-10(12)13-8-14-11/h6,8-9H,2-5,7H2,1H3. The molecular weight excluding hydrogens is 210 g/mol. The minimum atomic E-state index is 0.527. The molecule has 1 atom stereocenters. The maximum atomic E-state index is 5.84. The third kappa shape index (κ3) is 2.59. The number of rotatable bonds is 3. The summed E-state index contributed by atoms with van der Waals surface area (Å²) in [5, 5.41) is 0.527. The molecule has 1 fully saturated rings. The fourth-order valence-corrected chi connectivity index (χ4v) is 2.32. The van der Waals surface area contributed by atoms with E-state index >= 15 is 0 Å². The average Bonchev–Trinajstić information content (AvgIpc) is 2.67. The summed E-state index contributed by atoms with van der Waals surface area (Å²) in [4.78, 5) is 10.4. The van der Waals surface area contributed by atoms with Gasteiger partial charge in [-0.1, -0.05) is 24.9 Å². The van der Waals surface area contributed by atoms with Crippen molar-refractivity contribution in [2.24, 2.45) is 5.92 Å². The molecule has 3 nitrogen and oxygen atoms in total. The first-order chi connectivity index (χ1) is 7.29. The number of halogens is 1. The van der Waals surface area contributed by atoms with Crippen molar-refractivity contribution in [2.45, 2.75) is 26.2 Å². The Morgan fingerprint density at radius 3 is 3.13 bits per heavy atom. The maximum absolute atomic E-state index is 5.84. The van der Waals surface area contributed by atoms with Crippen LogP contribution in [0.1, 0.15) is 26.2 Å². The highest BCUT2D eigenvalue weighted by molar-refractivity contribution is 6.29. The van der Waals surface area contributed by atoms with Crippen molar-refractivity contribution in [3.63, 3.8) is 0 Å². The second kappa shape index (κ2) is 4.79. The minimum Gasteiger partial charge on any atom is -0.356 e. The third-order valence-electron chi connectivity index (χ3n) is 2.93. The van der Waals surface area contributed by atoms with Gasteiger partial charge in [0, 0.05) is 19.2 Å². The monoisotopic (exact) mass is 225 g/mol. The lowest BCUT2D eigenvalue weighted by atomic mass is 10.0. The fraction of sp³-hybridized carbons (Fsp3) is 0.636. The van der Waals surface area contributed by atoms with Gasteiger partial charge in [0.15, 0.2) is 0 Å². The summed E-state index contributed by atoms with van der Waals surface area (Å²) in [5.41, 5.74) is 0. The Balaban J connectivity index is 2.01. The molecule has 1 aromatic heterocycles. The molecule has 1 aliphatic rings. The number of aromatic nitrogens is 2. The van der Waals surface area contributed by atoms with Gasteiger partial charge in [0.25, 0.3) is 0 Å². The molecule has 2 heterocycles. The van der Waals surface area contributed by atoms with Gasteiger partial charge in [-0.05, 0) is 18.8 Å². The predicted molar refractivity (Wildman–Crippen MR) is 62.3 cm³/mol. The lowest BCUT2D eigenvalue weighted by molar-refractivity contribution is 0.529. The lowest BCUT2D eigenvalue weighted by Crippen LogP contribution is -2.20. The molecule has 1 aliphatic heterocycles. The highest BCUT2D eigenvalue weighted by Crippen LogP contribution is 2.25. The molecule has 15 heavy (non-hydrogen) atoms. The molecule has 0 radical (unpaired) electrons. The first-order valence-electron chi connectivity index (χ1n) is 5.52. The lowest BCUT2D eigenvalue weighted by Gasteiger charge is -2.16. The Morgan fingerprint density at radius 2 is 2.40 bits per heavy atom. The Kier molecular flexibility index (Phi) is 3.41. The van der Waals surface area contributed by atoms with Crippen LogP contribution >= 0.6 is 11.6 Å². The first kappa shape index (κ1) is 10.7. The smallest absolute Gasteiger partial charge is 0.134 e. The molecule has 0 amide bonds. The van der Waals surface area contributed by atoms with Crippen molar-refractivity contribution in [2.75, 3.05) is 18.0 Å². The van der Waals surface area contributed by atoms with E-state index in [4.69, 9.17) is 11.6 Å². The summed E-state index contributed by atoms with van der Waals surface area (Å²) in [7, 11) is 0. The highest BCUT2D eigenvalue weighted by atomic mass is 35.5. The molecule has 0 N–H and O–H groups in total. The van der Waals surface area contributed by atoms with Crippen molar-refractivity contribution >= 4 is 17.4 Å². The third-order valence-corrected chi connectivity index (χ3v) is 3.13. The van der Waals surface area contributed by atoms with Crippen LogP contribution in [0.4, 0.5) is 5.82 Å². The predicted octanol–water partition coefficient (Wildman–Crippen LogP) is 2.76. The number of nitrogens with zero attached hydrogens (tertiary/aromatic N) is 3. The summed E-state index contributed by atoms with van der Waals surface area (Å²) in [6, 6.07) is 1.84. The zero-order valence-corrected chi connectivity index (χ0v) is 9.74. The number of hydrogen-bond acceptors (Lipinski definition) is 3. The normalized spacial score (nSPS) is 20.9. The SMILES string of the molecule is CCCC1CCN(c2cc(Cl)ncn2)C1. The molecule has 0 bridgehead atoms. The van der Waals surface area contributed by atoms with E-state index in [0.717, 1.165) is 24.8 Å². The maximum Gasteiger partial charge on any atom is 0.134 e. The molecule has 1 saturated heterocycles. The van der Waals surface area contributed by atoms with Crippen LogP contribution < -0.4 is 4.90 Å². The summed E-state index contributed by atoms with van der Waals surface area (Å²) in [6.07, 6.45) is 5.39. The molecule has 1 aromatic rings. The summed E-state index contributed by atoms with van der Waals surface area (Å²) in [6.45, 7) is 4.45. The van der Waals surface area contributed by atoms with Gasteiger partial charge in [0.05, 0.1) is 0 Å². The van der Waals surface area contributed by atoms with Crippen LogP contribution in [0.15, 0.2) is 12.4 Å². The second-order valence-corrected chi connectivity index (χ2v) is 4.48. The van der Waals surface area contributed by atoms with Gasteiger partial charge in [-0.3, -0.25) is 0 Å². The Bertz CT molecular complexity index is 329. The molecule has 0 aromatic carbocycles. The van der Waals surface area contributed by atoms with Crippen molar-refractivity contribution in [3.8, 4) is 0 Å². The van der Waals surface area contributed by atoms with Crippen LogP contribution in [-0.4, -0.2) is 23.1 Å². The summed E-state index contributed by atoms with van der Waals surface area (Å²) < 4.78 is 0. The Morgan fingerprint density at radius 1 is 1.53 bits per heavy atom. The fourth-order valence-electron chi connectivity index (χ4n) is 2.18. The summed E-state index contributed by atoms with van der Waals surface area (Å²) in [5.74, 6) is 1.79. The van der Waals surface area contributed by atoms with Crippen LogP contribution in [0, 0.1) is 5.92 Å². The first-order valence-corrected chi connectivity index (χ1v) is 5.90. The molecule has 0 spiro atoms. The van der Waals surface area contributed by atoms with E-state index < -0.39 is 0 Å². The molecule has 82 valence electrons. The molecule has 0 aliphatic carbocycles. The number of hydrogen-bond donors (Lipinski definition) is 0. The van der Waals surface area contributed by atoms with Crippen LogP contribution in [0.25, 0.3) is 0 Å². The zero-order valence-electron chi connectivity index (χ0n) is 8.99. The van der Waals surface area contributed by atoms with Gasteiger partial charge < -0.3 is 4.90 Å². The van der Waals surface area contributed by atoms with Crippen LogP contribution in [0.3, 0.4) is 0 Å². The van der Waals surface area contributed by atoms with E-state index in [0.29, 0.717) is 5.15 Å². The van der Waals surface area contributed by atoms with Gasteiger partial charge in [-0.15, -0.1) is 0 Å². The van der Waals surface area contributed by atoms with Gasteiger partial charge >= 0.3 is 0 Å². The Hall–Kier alpha value is -0.830. The van der Waals surface area contributed by atoms with Crippen molar-refractivity contribution in [1.29, 1.82) is 0 Å². The number of anilines is 1. The van der Waals surface area contributed by atoms with Gasteiger partial charge in [-0.2, -0.15) is 0 Å². The van der Waals surface area contributed by atoms with E-state index in [1.807, 2.05) is 6.07 Å². The molecule has 4 heteroatoms. The topological polar surface area (TPSA) is 29.0 Å². The molecule has 2 rings (SSSR count). The van der Waals surface area contributed by atoms with Crippen LogP contribution in [0.2, 0.25) is 5.15 Å². The van der Waals surface area contributed by atoms with E-state index in [1.165, 1.54) is 25.6 Å². The van der Waals surface area contributed by atoms with E-state index in [1.54, 1.807) is 0 Å². The molecule has 0 saturated carbocycles. The van der Waals surface area contributed by atoms with Gasteiger partial charge in [-0.25, -0.2) is 9.97 Å². The molecular formula is C11H16ClN3. The van der Waals surface area contributed by atoms with Crippen molar-refractivity contribution in [1.82, 2.24) is 9.97 Å². The van der Waals surface area contributed by atoms with E-state index in [2.05, 4.69) is 21.8 Å². The van der Waals surface area contributed by atoms with E-state index in [9.17, 15) is 0 Å². The molecule has 1 unspecified atom stereocenters. The van der Waals surface area contributed by atoms with E-state index in [-0.39, 0.29) is 0 Å². The van der Waals surface area contributed by atoms with Crippen LogP contribution in [0.5, 0.6) is 0 Å². The van der Waals surface area contributed by atoms with Crippen molar-refractivity contribution < 1.29 is 0 Å². The quantitative estimate of drug-likeness (QED) is 0.741. The van der Waals surface area contributed by atoms with Gasteiger partial charge in [0.2, 0.25) is 0 Å². The second-order valence-electron chi connectivity index (χ2n) is 4.09. The summed E-state index contributed by atoms with van der Waals surface area (Å²) >= 11 is 5.84. The van der Waals surface area contributed by atoms with Crippen LogP contribution in [-0.2, 0) is 0 Å².